The van der Waals surface area contributed by atoms with Crippen LogP contribution in [0.3, 0.4) is 0 Å². The second-order valence-electron chi connectivity index (χ2n) is 18.4. The van der Waals surface area contributed by atoms with E-state index in [0.717, 1.165) is 36.4 Å². The molecule has 0 aromatic heterocycles. The monoisotopic (exact) mass is 1100 g/mol. The lowest BCUT2D eigenvalue weighted by Crippen LogP contribution is -2.64. The van der Waals surface area contributed by atoms with Gasteiger partial charge < -0.3 is 139 Å². The van der Waals surface area contributed by atoms with E-state index >= 15 is 0 Å². The predicted molar refractivity (Wildman–Crippen MR) is 247 cm³/mol. The van der Waals surface area contributed by atoms with Crippen LogP contribution in [0.1, 0.15) is 22.8 Å². The molecule has 21 unspecified atom stereocenters. The van der Waals surface area contributed by atoms with Crippen LogP contribution in [0.25, 0.3) is 12.2 Å². The largest absolute Gasteiger partial charge is 0.508 e. The van der Waals surface area contributed by atoms with Crippen molar-refractivity contribution in [1.29, 1.82) is 0 Å². The number of aromatic hydroxyl groups is 4. The first-order valence-electron chi connectivity index (χ1n) is 23.7. The number of aliphatic hydroxyl groups is 14. The summed E-state index contributed by atoms with van der Waals surface area (Å²) in [6.07, 6.45) is -34.7. The Morgan fingerprint density at radius 1 is 0.519 bits per heavy atom. The summed E-state index contributed by atoms with van der Waals surface area (Å²) in [5.41, 5.74) is 0.0873. The van der Waals surface area contributed by atoms with Gasteiger partial charge in [-0.3, -0.25) is 0 Å². The average molecular weight is 1100 g/mol. The Bertz CT molecular complexity index is 2580. The van der Waals surface area contributed by atoms with E-state index in [2.05, 4.69) is 0 Å². The molecule has 4 fully saturated rings. The normalized spacial score (nSPS) is 37.3. The van der Waals surface area contributed by atoms with E-state index in [1.54, 1.807) is 0 Å². The van der Waals surface area contributed by atoms with Crippen molar-refractivity contribution in [3.63, 3.8) is 0 Å². The molecule has 0 aliphatic carbocycles. The van der Waals surface area contributed by atoms with Crippen LogP contribution in [0.5, 0.6) is 40.2 Å². The van der Waals surface area contributed by atoms with Crippen LogP contribution < -0.4 is 14.2 Å². The molecule has 8 rings (SSSR count). The van der Waals surface area contributed by atoms with E-state index < -0.39 is 184 Å². The summed E-state index contributed by atoms with van der Waals surface area (Å²) in [5, 5.41) is 188. The molecule has 0 bridgehead atoms. The summed E-state index contributed by atoms with van der Waals surface area (Å²) in [7, 11) is 0. The van der Waals surface area contributed by atoms with Gasteiger partial charge in [0.05, 0.1) is 25.4 Å². The standard InChI is InChI=1S/C48H58O29/c49-12-27-32(57)36(61)40(65)45(73-27)70-23-5-1-16(7-22(23)55)2-6-31(56)68-15-30-35(60)39(64)44(77-47-42(67)38(63)34(59)29(14-51)75-47)48(76-30)72-26-11-19-24(69-43(26)17-3-4-20(53)21(54)8-17)9-18(52)10-25(19)71-46-41(66)37(62)33(58)28(13-50)74-46/h1-11,27-30,32-55,57-67H,12-15H2. The number of hydrogen-bond acceptors (Lipinski definition) is 29. The molecular weight excluding hydrogens is 1040 g/mol. The molecule has 21 atom stereocenters. The van der Waals surface area contributed by atoms with E-state index in [-0.39, 0.29) is 39.7 Å². The van der Waals surface area contributed by atoms with Crippen LogP contribution in [0.4, 0.5) is 0 Å². The van der Waals surface area contributed by atoms with Crippen molar-refractivity contribution in [2.75, 3.05) is 26.4 Å². The molecule has 29 nitrogen and oxygen atoms in total. The van der Waals surface area contributed by atoms with Crippen LogP contribution >= 0.6 is 0 Å². The highest BCUT2D eigenvalue weighted by Gasteiger charge is 2.53. The second-order valence-corrected chi connectivity index (χ2v) is 18.4. The lowest BCUT2D eigenvalue weighted by molar-refractivity contribution is -0.364. The number of benzene rings is 3. The number of aliphatic hydroxyl groups excluding tert-OH is 14. The highest BCUT2D eigenvalue weighted by molar-refractivity contribution is 5.87. The third-order valence-electron chi connectivity index (χ3n) is 13.2. The van der Waals surface area contributed by atoms with Crippen molar-refractivity contribution in [1.82, 2.24) is 0 Å². The van der Waals surface area contributed by atoms with E-state index in [4.69, 9.17) is 47.4 Å². The van der Waals surface area contributed by atoms with Crippen molar-refractivity contribution >= 4 is 18.1 Å². The predicted octanol–water partition coefficient (Wildman–Crippen LogP) is -5.75. The van der Waals surface area contributed by atoms with Gasteiger partial charge in [0, 0.05) is 23.8 Å². The van der Waals surface area contributed by atoms with Crippen LogP contribution in [0, 0.1) is 0 Å². The molecule has 5 aliphatic rings. The summed E-state index contributed by atoms with van der Waals surface area (Å²) >= 11 is 0. The van der Waals surface area contributed by atoms with Crippen LogP contribution in [-0.2, 0) is 38.0 Å². The fourth-order valence-electron chi connectivity index (χ4n) is 8.80. The number of rotatable bonds is 16. The Balaban J connectivity index is 1.07. The third-order valence-corrected chi connectivity index (χ3v) is 13.2. The number of esters is 1. The van der Waals surface area contributed by atoms with Gasteiger partial charge >= 0.3 is 5.97 Å². The SMILES string of the molecule is O=C(C=Cc1ccc(OC2OC(CO)C(O)C(O)C2O)c(O)c1)OCC1OC(OC2=Cc3c(cc(O)cc3OC3OC(CO)C(O)C(O)C3O)OC2c2ccc(O)c(O)c2)C(OC2OC(CO)C(O)C(O)C2O)C(O)C1O. The third kappa shape index (κ3) is 12.1. The second kappa shape index (κ2) is 24.1. The molecule has 4 saturated heterocycles. The van der Waals surface area contributed by atoms with Crippen LogP contribution in [0.15, 0.2) is 60.4 Å². The fraction of sp³-hybridized carbons (Fsp3) is 0.521. The molecule has 0 radical (unpaired) electrons. The lowest BCUT2D eigenvalue weighted by atomic mass is 9.97. The minimum Gasteiger partial charge on any atom is -0.508 e. The van der Waals surface area contributed by atoms with Crippen molar-refractivity contribution in [3.8, 4) is 40.2 Å². The van der Waals surface area contributed by atoms with Gasteiger partial charge in [0.1, 0.15) is 121 Å². The van der Waals surface area contributed by atoms with Crippen molar-refractivity contribution in [2.45, 2.75) is 129 Å². The van der Waals surface area contributed by atoms with Crippen LogP contribution in [0.2, 0.25) is 0 Å². The molecule has 77 heavy (non-hydrogen) atoms. The molecule has 0 spiro atoms. The Kier molecular flexibility index (Phi) is 18.0. The topological polar surface area (TPSA) is 474 Å². The van der Waals surface area contributed by atoms with Gasteiger partial charge in [0.25, 0.3) is 0 Å². The van der Waals surface area contributed by atoms with E-state index in [1.807, 2.05) is 0 Å². The highest BCUT2D eigenvalue weighted by Crippen LogP contribution is 2.47. The molecule has 18 N–H and O–H groups in total. The van der Waals surface area contributed by atoms with Crippen molar-refractivity contribution in [2.24, 2.45) is 0 Å². The highest BCUT2D eigenvalue weighted by atomic mass is 16.8. The summed E-state index contributed by atoms with van der Waals surface area (Å²) < 4.78 is 57.6. The molecule has 424 valence electrons. The zero-order chi connectivity index (χ0) is 55.7. The Morgan fingerprint density at radius 2 is 1.06 bits per heavy atom. The van der Waals surface area contributed by atoms with E-state index in [9.17, 15) is 96.7 Å². The fourth-order valence-corrected chi connectivity index (χ4v) is 8.80. The Hall–Kier alpha value is -5.75. The first-order chi connectivity index (χ1) is 36.6. The number of ether oxygens (including phenoxy) is 10. The number of hydrogen-bond donors (Lipinski definition) is 18. The van der Waals surface area contributed by atoms with Gasteiger partial charge in [-0.1, -0.05) is 12.1 Å². The first-order valence-corrected chi connectivity index (χ1v) is 23.7. The summed E-state index contributed by atoms with van der Waals surface area (Å²) in [4.78, 5) is 13.1. The minimum absolute atomic E-state index is 0.0290. The zero-order valence-corrected chi connectivity index (χ0v) is 39.8. The number of fused-ring (bicyclic) bond motifs is 1. The maximum atomic E-state index is 13.1. The van der Waals surface area contributed by atoms with E-state index in [0.29, 0.717) is 0 Å². The molecule has 29 heteroatoms. The van der Waals surface area contributed by atoms with E-state index in [1.165, 1.54) is 30.4 Å². The molecule has 0 amide bonds. The van der Waals surface area contributed by atoms with Gasteiger partial charge in [-0.2, -0.15) is 0 Å². The molecule has 3 aromatic rings. The Morgan fingerprint density at radius 3 is 1.64 bits per heavy atom. The maximum Gasteiger partial charge on any atom is 0.330 e. The number of phenols is 4. The van der Waals surface area contributed by atoms with Gasteiger partial charge in [0.15, 0.2) is 41.5 Å². The maximum absolute atomic E-state index is 13.1. The zero-order valence-electron chi connectivity index (χ0n) is 39.8. The number of phenolic OH excluding ortho intramolecular Hbond substituents is 4. The molecule has 0 saturated carbocycles. The van der Waals surface area contributed by atoms with Gasteiger partial charge in [0.2, 0.25) is 18.9 Å². The molecule has 5 aliphatic heterocycles. The van der Waals surface area contributed by atoms with Gasteiger partial charge in [-0.15, -0.1) is 0 Å². The number of carbonyl (C=O) groups excluding carboxylic acids is 1. The minimum atomic E-state index is -2.15. The Labute approximate surface area is 434 Å². The first kappa shape index (κ1) is 57.4. The quantitative estimate of drug-likeness (QED) is 0.0361. The lowest BCUT2D eigenvalue weighted by Gasteiger charge is -2.46. The molecule has 5 heterocycles. The summed E-state index contributed by atoms with van der Waals surface area (Å²) in [5.74, 6) is -4.52. The van der Waals surface area contributed by atoms with Gasteiger partial charge in [-0.25, -0.2) is 4.79 Å². The van der Waals surface area contributed by atoms with Crippen molar-refractivity contribution < 1.29 is 144 Å². The van der Waals surface area contributed by atoms with Crippen molar-refractivity contribution in [3.05, 3.63) is 77.1 Å². The average Bonchev–Trinajstić information content (AvgIpc) is 3.41. The summed E-state index contributed by atoms with van der Waals surface area (Å²) in [6.45, 7) is -3.32. The smallest absolute Gasteiger partial charge is 0.330 e. The van der Waals surface area contributed by atoms with Gasteiger partial charge in [-0.05, 0) is 42.0 Å². The molecule has 3 aromatic carbocycles. The molecular formula is C48H58O29. The number of carbonyl (C=O) groups is 1. The summed E-state index contributed by atoms with van der Waals surface area (Å²) in [6, 6.07) is 9.21. The van der Waals surface area contributed by atoms with Crippen LogP contribution in [-0.4, -0.2) is 247 Å².